The van der Waals surface area contributed by atoms with Gasteiger partial charge < -0.3 is 20.2 Å². The molecule has 1 aliphatic rings. The standard InChI is InChI=1S/C11H21N3O3/c1-3-4-13-7-11(17)14(8-10(13)16)6-9(15)5-12-2/h9,12,15H,3-8H2,1-2H3. The normalized spacial score (nSPS) is 18.8. The van der Waals surface area contributed by atoms with E-state index in [9.17, 15) is 14.7 Å². The highest BCUT2D eigenvalue weighted by atomic mass is 16.3. The van der Waals surface area contributed by atoms with Crippen molar-refractivity contribution in [3.63, 3.8) is 0 Å². The molecule has 1 heterocycles. The van der Waals surface area contributed by atoms with Crippen molar-refractivity contribution in [3.05, 3.63) is 0 Å². The molecule has 6 heteroatoms. The largest absolute Gasteiger partial charge is 0.390 e. The van der Waals surface area contributed by atoms with Gasteiger partial charge >= 0.3 is 0 Å². The van der Waals surface area contributed by atoms with Gasteiger partial charge in [0.15, 0.2) is 0 Å². The van der Waals surface area contributed by atoms with Gasteiger partial charge in [-0.25, -0.2) is 0 Å². The molecule has 98 valence electrons. The van der Waals surface area contributed by atoms with Gasteiger partial charge in [-0.05, 0) is 13.5 Å². The van der Waals surface area contributed by atoms with Gasteiger partial charge in [0.05, 0.1) is 19.2 Å². The second-order valence-corrected chi connectivity index (χ2v) is 4.30. The summed E-state index contributed by atoms with van der Waals surface area (Å²) in [5.41, 5.74) is 0. The molecular weight excluding hydrogens is 222 g/mol. The maximum Gasteiger partial charge on any atom is 0.242 e. The predicted molar refractivity (Wildman–Crippen MR) is 63.4 cm³/mol. The van der Waals surface area contributed by atoms with Gasteiger partial charge in [-0.2, -0.15) is 0 Å². The number of carbonyl (C=O) groups is 2. The molecule has 1 fully saturated rings. The van der Waals surface area contributed by atoms with E-state index in [-0.39, 0.29) is 31.4 Å². The van der Waals surface area contributed by atoms with Crippen LogP contribution in [0.25, 0.3) is 0 Å². The summed E-state index contributed by atoms with van der Waals surface area (Å²) in [4.78, 5) is 26.5. The van der Waals surface area contributed by atoms with E-state index < -0.39 is 6.10 Å². The highest BCUT2D eigenvalue weighted by Gasteiger charge is 2.30. The number of likely N-dealkylation sites (N-methyl/N-ethyl adjacent to an activating group) is 1. The molecule has 0 aromatic carbocycles. The first kappa shape index (κ1) is 13.9. The molecule has 0 aliphatic carbocycles. The Morgan fingerprint density at radius 2 is 1.88 bits per heavy atom. The lowest BCUT2D eigenvalue weighted by Gasteiger charge is -2.34. The van der Waals surface area contributed by atoms with Crippen LogP contribution >= 0.6 is 0 Å². The Morgan fingerprint density at radius 3 is 2.47 bits per heavy atom. The Bertz CT molecular complexity index is 283. The Kier molecular flexibility index (Phi) is 5.37. The summed E-state index contributed by atoms with van der Waals surface area (Å²) in [7, 11) is 1.73. The lowest BCUT2D eigenvalue weighted by molar-refractivity contribution is -0.151. The van der Waals surface area contributed by atoms with Crippen LogP contribution in [0, 0.1) is 0 Å². The Hall–Kier alpha value is -1.14. The molecule has 0 radical (unpaired) electrons. The van der Waals surface area contributed by atoms with Crippen LogP contribution in [0.5, 0.6) is 0 Å². The fourth-order valence-corrected chi connectivity index (χ4v) is 1.90. The lowest BCUT2D eigenvalue weighted by atomic mass is 10.2. The number of rotatable bonds is 6. The van der Waals surface area contributed by atoms with E-state index in [4.69, 9.17) is 0 Å². The molecule has 1 atom stereocenters. The molecule has 0 aromatic rings. The third kappa shape index (κ3) is 3.98. The van der Waals surface area contributed by atoms with Crippen LogP contribution in [-0.4, -0.2) is 72.6 Å². The third-order valence-corrected chi connectivity index (χ3v) is 2.72. The second kappa shape index (κ2) is 6.56. The number of nitrogens with one attached hydrogen (secondary N) is 1. The monoisotopic (exact) mass is 243 g/mol. The smallest absolute Gasteiger partial charge is 0.242 e. The van der Waals surface area contributed by atoms with E-state index in [0.29, 0.717) is 13.1 Å². The fraction of sp³-hybridized carbons (Fsp3) is 0.818. The van der Waals surface area contributed by atoms with Gasteiger partial charge in [-0.1, -0.05) is 6.92 Å². The molecule has 0 aromatic heterocycles. The van der Waals surface area contributed by atoms with E-state index in [2.05, 4.69) is 5.32 Å². The van der Waals surface area contributed by atoms with Crippen molar-refractivity contribution >= 4 is 11.8 Å². The number of hydrogen-bond donors (Lipinski definition) is 2. The topological polar surface area (TPSA) is 72.9 Å². The maximum absolute atomic E-state index is 11.8. The first-order valence-electron chi connectivity index (χ1n) is 5.96. The van der Waals surface area contributed by atoms with Crippen LogP contribution in [0.1, 0.15) is 13.3 Å². The van der Waals surface area contributed by atoms with Crippen LogP contribution in [0.4, 0.5) is 0 Å². The zero-order valence-electron chi connectivity index (χ0n) is 10.5. The number of carbonyl (C=O) groups excluding carboxylic acids is 2. The summed E-state index contributed by atoms with van der Waals surface area (Å²) in [6.45, 7) is 3.44. The van der Waals surface area contributed by atoms with E-state index in [0.717, 1.165) is 6.42 Å². The first-order valence-corrected chi connectivity index (χ1v) is 5.96. The molecule has 1 rings (SSSR count). The van der Waals surface area contributed by atoms with E-state index in [1.165, 1.54) is 4.90 Å². The summed E-state index contributed by atoms with van der Waals surface area (Å²) in [6, 6.07) is 0. The van der Waals surface area contributed by atoms with Crippen LogP contribution in [0.3, 0.4) is 0 Å². The van der Waals surface area contributed by atoms with Gasteiger partial charge in [0.2, 0.25) is 11.8 Å². The first-order chi connectivity index (χ1) is 8.08. The quantitative estimate of drug-likeness (QED) is 0.605. The Labute approximate surface area is 102 Å². The Balaban J connectivity index is 2.49. The molecule has 0 saturated carbocycles. The number of β-amino-alcohol motifs (C(OH)–C–C–N with tert-alkyl or cyclic N) is 1. The lowest BCUT2D eigenvalue weighted by Crippen LogP contribution is -2.55. The van der Waals surface area contributed by atoms with Crippen LogP contribution in [0.2, 0.25) is 0 Å². The molecule has 1 saturated heterocycles. The number of amides is 2. The summed E-state index contributed by atoms with van der Waals surface area (Å²) >= 11 is 0. The SMILES string of the molecule is CCCN1CC(=O)N(CC(O)CNC)CC1=O. The predicted octanol–water partition coefficient (Wildman–Crippen LogP) is -1.35. The van der Waals surface area contributed by atoms with E-state index in [1.807, 2.05) is 6.92 Å². The third-order valence-electron chi connectivity index (χ3n) is 2.72. The summed E-state index contributed by atoms with van der Waals surface area (Å²) in [6.07, 6.45) is 0.218. The summed E-state index contributed by atoms with van der Waals surface area (Å²) < 4.78 is 0. The van der Waals surface area contributed by atoms with Gasteiger partial charge in [0, 0.05) is 19.6 Å². The van der Waals surface area contributed by atoms with Crippen LogP contribution in [0.15, 0.2) is 0 Å². The number of piperazine rings is 1. The number of hydrogen-bond acceptors (Lipinski definition) is 4. The van der Waals surface area contributed by atoms with Crippen molar-refractivity contribution in [2.75, 3.05) is 39.8 Å². The van der Waals surface area contributed by atoms with E-state index >= 15 is 0 Å². The van der Waals surface area contributed by atoms with Crippen LogP contribution < -0.4 is 5.32 Å². The van der Waals surface area contributed by atoms with Gasteiger partial charge in [0.25, 0.3) is 0 Å². The van der Waals surface area contributed by atoms with Crippen molar-refractivity contribution < 1.29 is 14.7 Å². The fourth-order valence-electron chi connectivity index (χ4n) is 1.90. The number of nitrogens with zero attached hydrogens (tertiary/aromatic N) is 2. The molecule has 17 heavy (non-hydrogen) atoms. The second-order valence-electron chi connectivity index (χ2n) is 4.30. The van der Waals surface area contributed by atoms with Gasteiger partial charge in [0.1, 0.15) is 0 Å². The molecule has 0 bridgehead atoms. The molecule has 1 unspecified atom stereocenters. The van der Waals surface area contributed by atoms with Crippen molar-refractivity contribution in [2.45, 2.75) is 19.4 Å². The zero-order valence-corrected chi connectivity index (χ0v) is 10.5. The highest BCUT2D eigenvalue weighted by molar-refractivity contribution is 5.92. The minimum atomic E-state index is -0.630. The molecular formula is C11H21N3O3. The number of aliphatic hydroxyl groups is 1. The molecule has 1 aliphatic heterocycles. The maximum atomic E-state index is 11.8. The minimum absolute atomic E-state index is 0.0388. The van der Waals surface area contributed by atoms with Gasteiger partial charge in [-0.15, -0.1) is 0 Å². The molecule has 6 nitrogen and oxygen atoms in total. The van der Waals surface area contributed by atoms with E-state index in [1.54, 1.807) is 11.9 Å². The zero-order chi connectivity index (χ0) is 12.8. The summed E-state index contributed by atoms with van der Waals surface area (Å²) in [5.74, 6) is -0.128. The van der Waals surface area contributed by atoms with Crippen molar-refractivity contribution in [1.82, 2.24) is 15.1 Å². The average molecular weight is 243 g/mol. The summed E-state index contributed by atoms with van der Waals surface area (Å²) in [5, 5.41) is 12.4. The van der Waals surface area contributed by atoms with Crippen molar-refractivity contribution in [3.8, 4) is 0 Å². The molecule has 2 amide bonds. The molecule has 2 N–H and O–H groups in total. The molecule has 0 spiro atoms. The number of aliphatic hydroxyl groups excluding tert-OH is 1. The highest BCUT2D eigenvalue weighted by Crippen LogP contribution is 2.06. The van der Waals surface area contributed by atoms with Crippen LogP contribution in [-0.2, 0) is 9.59 Å². The van der Waals surface area contributed by atoms with Crippen molar-refractivity contribution in [1.29, 1.82) is 0 Å². The Morgan fingerprint density at radius 1 is 1.29 bits per heavy atom. The van der Waals surface area contributed by atoms with Crippen molar-refractivity contribution in [2.24, 2.45) is 0 Å². The van der Waals surface area contributed by atoms with Gasteiger partial charge in [-0.3, -0.25) is 9.59 Å². The minimum Gasteiger partial charge on any atom is -0.390 e. The average Bonchev–Trinajstić information content (AvgIpc) is 2.26.